The summed E-state index contributed by atoms with van der Waals surface area (Å²) in [5.74, 6) is -0.186. The first-order valence-corrected chi connectivity index (χ1v) is 5.32. The molecule has 6 heteroatoms. The van der Waals surface area contributed by atoms with E-state index in [2.05, 4.69) is 10.2 Å². The van der Waals surface area contributed by atoms with Crippen LogP contribution in [0.15, 0.2) is 18.2 Å². The number of rotatable bonds is 2. The zero-order valence-electron chi connectivity index (χ0n) is 7.78. The molecule has 0 atom stereocenters. The molecule has 78 valence electrons. The van der Waals surface area contributed by atoms with Crippen molar-refractivity contribution >= 4 is 23.6 Å². The summed E-state index contributed by atoms with van der Waals surface area (Å²) in [7, 11) is 1.43. The van der Waals surface area contributed by atoms with Gasteiger partial charge >= 0.3 is 0 Å². The Hall–Kier alpha value is -1.27. The monoisotopic (exact) mass is 242 g/mol. The summed E-state index contributed by atoms with van der Waals surface area (Å²) in [5.41, 5.74) is 0.686. The minimum atomic E-state index is -0.406. The van der Waals surface area contributed by atoms with E-state index in [9.17, 15) is 4.39 Å². The minimum Gasteiger partial charge on any atom is -0.494 e. The molecule has 15 heavy (non-hydrogen) atoms. The summed E-state index contributed by atoms with van der Waals surface area (Å²) in [4.78, 5) is 0. The van der Waals surface area contributed by atoms with E-state index < -0.39 is 5.82 Å². The summed E-state index contributed by atoms with van der Waals surface area (Å²) in [6.45, 7) is 0. The van der Waals surface area contributed by atoms with Gasteiger partial charge in [0.15, 0.2) is 15.5 Å². The lowest BCUT2D eigenvalue weighted by Gasteiger charge is -2.02. The van der Waals surface area contributed by atoms with E-state index in [0.29, 0.717) is 14.5 Å². The quantitative estimate of drug-likeness (QED) is 0.823. The Morgan fingerprint density at radius 1 is 1.53 bits per heavy atom. The first-order valence-electron chi connectivity index (χ1n) is 4.10. The smallest absolute Gasteiger partial charge is 0.176 e. The molecule has 0 fully saturated rings. The van der Waals surface area contributed by atoms with Crippen LogP contribution in [0.1, 0.15) is 0 Å². The molecule has 2 rings (SSSR count). The Morgan fingerprint density at radius 3 is 2.87 bits per heavy atom. The van der Waals surface area contributed by atoms with Gasteiger partial charge in [0.25, 0.3) is 0 Å². The van der Waals surface area contributed by atoms with Crippen LogP contribution in [0.25, 0.3) is 10.6 Å². The third-order valence-corrected chi connectivity index (χ3v) is 2.98. The Labute approximate surface area is 94.5 Å². The van der Waals surface area contributed by atoms with Gasteiger partial charge in [-0.25, -0.2) is 4.39 Å². The van der Waals surface area contributed by atoms with Gasteiger partial charge in [-0.05, 0) is 30.4 Å². The Balaban J connectivity index is 2.46. The highest BCUT2D eigenvalue weighted by atomic mass is 32.1. The third-order valence-electron chi connectivity index (χ3n) is 1.84. The van der Waals surface area contributed by atoms with Crippen LogP contribution in [-0.4, -0.2) is 17.3 Å². The summed E-state index contributed by atoms with van der Waals surface area (Å²) < 4.78 is 18.7. The second kappa shape index (κ2) is 4.08. The van der Waals surface area contributed by atoms with E-state index in [-0.39, 0.29) is 5.75 Å². The fourth-order valence-corrected chi connectivity index (χ4v) is 2.04. The second-order valence-electron chi connectivity index (χ2n) is 2.77. The molecule has 1 N–H and O–H groups in total. The van der Waals surface area contributed by atoms with Crippen LogP contribution < -0.4 is 4.74 Å². The Bertz CT molecular complexity index is 535. The zero-order chi connectivity index (χ0) is 10.8. The molecule has 0 bridgehead atoms. The molecule has 0 unspecified atom stereocenters. The fourth-order valence-electron chi connectivity index (χ4n) is 1.15. The van der Waals surface area contributed by atoms with Gasteiger partial charge in [0.05, 0.1) is 7.11 Å². The van der Waals surface area contributed by atoms with Crippen molar-refractivity contribution in [1.82, 2.24) is 10.2 Å². The van der Waals surface area contributed by atoms with Crippen molar-refractivity contribution < 1.29 is 9.13 Å². The number of aromatic nitrogens is 2. The average molecular weight is 242 g/mol. The summed E-state index contributed by atoms with van der Waals surface area (Å²) in [5, 5.41) is 7.28. The molecule has 1 aromatic carbocycles. The van der Waals surface area contributed by atoms with Gasteiger partial charge in [0, 0.05) is 5.56 Å². The van der Waals surface area contributed by atoms with E-state index in [1.807, 2.05) is 0 Å². The molecular weight excluding hydrogens is 235 g/mol. The predicted octanol–water partition coefficient (Wildman–Crippen LogP) is 3.02. The number of hydrogen-bond donors (Lipinski definition) is 1. The number of nitrogens with zero attached hydrogens (tertiary/aromatic N) is 1. The lowest BCUT2D eigenvalue weighted by Crippen LogP contribution is -1.88. The van der Waals surface area contributed by atoms with Crippen LogP contribution in [0.2, 0.25) is 0 Å². The molecule has 0 spiro atoms. The van der Waals surface area contributed by atoms with Crippen LogP contribution in [-0.2, 0) is 0 Å². The first kappa shape index (κ1) is 10.3. The number of hydrogen-bond acceptors (Lipinski definition) is 4. The van der Waals surface area contributed by atoms with E-state index >= 15 is 0 Å². The molecule has 0 aliphatic heterocycles. The number of nitrogens with one attached hydrogen (secondary N) is 1. The highest BCUT2D eigenvalue weighted by molar-refractivity contribution is 7.73. The van der Waals surface area contributed by atoms with Gasteiger partial charge in [-0.2, -0.15) is 5.10 Å². The van der Waals surface area contributed by atoms with Crippen LogP contribution in [0.4, 0.5) is 4.39 Å². The van der Waals surface area contributed by atoms with Gasteiger partial charge in [-0.1, -0.05) is 11.3 Å². The first-order chi connectivity index (χ1) is 7.20. The number of H-pyrrole nitrogens is 1. The Morgan fingerprint density at radius 2 is 2.33 bits per heavy atom. The van der Waals surface area contributed by atoms with Gasteiger partial charge in [0.2, 0.25) is 0 Å². The molecule has 0 saturated heterocycles. The van der Waals surface area contributed by atoms with Crippen molar-refractivity contribution in [2.75, 3.05) is 7.11 Å². The van der Waals surface area contributed by atoms with Crippen LogP contribution >= 0.6 is 23.6 Å². The molecule has 0 aliphatic rings. The van der Waals surface area contributed by atoms with E-state index in [0.717, 1.165) is 0 Å². The maximum atomic E-state index is 13.4. The molecular formula is C9H7FN2OS2. The van der Waals surface area contributed by atoms with Crippen LogP contribution in [0, 0.1) is 9.77 Å². The zero-order valence-corrected chi connectivity index (χ0v) is 9.41. The second-order valence-corrected chi connectivity index (χ2v) is 4.43. The average Bonchev–Trinajstić information content (AvgIpc) is 2.65. The van der Waals surface area contributed by atoms with Gasteiger partial charge < -0.3 is 4.74 Å². The molecule has 0 radical (unpaired) electrons. The third kappa shape index (κ3) is 2.05. The van der Waals surface area contributed by atoms with Crippen molar-refractivity contribution in [3.63, 3.8) is 0 Å². The van der Waals surface area contributed by atoms with Crippen molar-refractivity contribution in [3.05, 3.63) is 28.0 Å². The van der Waals surface area contributed by atoms with Crippen molar-refractivity contribution in [1.29, 1.82) is 0 Å². The van der Waals surface area contributed by atoms with Crippen LogP contribution in [0.5, 0.6) is 5.75 Å². The lowest BCUT2D eigenvalue weighted by molar-refractivity contribution is 0.386. The van der Waals surface area contributed by atoms with Gasteiger partial charge in [0.1, 0.15) is 5.01 Å². The SMILES string of the molecule is COc1ccc(-c2n[nH]c(=S)s2)cc1F. The highest BCUT2D eigenvalue weighted by Gasteiger charge is 2.07. The standard InChI is InChI=1S/C9H7FN2OS2/c1-13-7-3-2-5(4-6(7)10)8-11-12-9(14)15-8/h2-4H,1H3,(H,12,14). The number of aromatic amines is 1. The normalized spacial score (nSPS) is 10.3. The van der Waals surface area contributed by atoms with Crippen LogP contribution in [0.3, 0.4) is 0 Å². The maximum Gasteiger partial charge on any atom is 0.176 e. The molecule has 2 aromatic rings. The van der Waals surface area contributed by atoms with E-state index in [1.165, 1.54) is 24.5 Å². The lowest BCUT2D eigenvalue weighted by atomic mass is 10.2. The van der Waals surface area contributed by atoms with Gasteiger partial charge in [-0.3, -0.25) is 5.10 Å². The number of methoxy groups -OCH3 is 1. The molecule has 0 saturated carbocycles. The molecule has 1 aromatic heterocycles. The van der Waals surface area contributed by atoms with E-state index in [4.69, 9.17) is 17.0 Å². The summed E-state index contributed by atoms with van der Waals surface area (Å²) in [6.07, 6.45) is 0. The van der Waals surface area contributed by atoms with Crippen molar-refractivity contribution in [3.8, 4) is 16.3 Å². The topological polar surface area (TPSA) is 37.9 Å². The summed E-state index contributed by atoms with van der Waals surface area (Å²) >= 11 is 6.20. The number of halogens is 1. The van der Waals surface area contributed by atoms with E-state index in [1.54, 1.807) is 12.1 Å². The maximum absolute atomic E-state index is 13.4. The predicted molar refractivity (Wildman–Crippen MR) is 59.2 cm³/mol. The molecule has 1 heterocycles. The fraction of sp³-hybridized carbons (Fsp3) is 0.111. The highest BCUT2D eigenvalue weighted by Crippen LogP contribution is 2.26. The Kier molecular flexibility index (Phi) is 2.79. The number of benzene rings is 1. The summed E-state index contributed by atoms with van der Waals surface area (Å²) in [6, 6.07) is 4.68. The number of ether oxygens (including phenoxy) is 1. The molecule has 3 nitrogen and oxygen atoms in total. The minimum absolute atomic E-state index is 0.220. The van der Waals surface area contributed by atoms with Gasteiger partial charge in [-0.15, -0.1) is 0 Å². The molecule has 0 aliphatic carbocycles. The molecule has 0 amide bonds. The van der Waals surface area contributed by atoms with Crippen molar-refractivity contribution in [2.45, 2.75) is 0 Å². The van der Waals surface area contributed by atoms with Crippen molar-refractivity contribution in [2.24, 2.45) is 0 Å². The largest absolute Gasteiger partial charge is 0.494 e.